The van der Waals surface area contributed by atoms with Gasteiger partial charge in [0.25, 0.3) is 0 Å². The first-order valence-electron chi connectivity index (χ1n) is 5.82. The molecular weight excluding hydrogens is 232 g/mol. The van der Waals surface area contributed by atoms with Gasteiger partial charge in [0, 0.05) is 5.92 Å². The van der Waals surface area contributed by atoms with Crippen molar-refractivity contribution in [1.29, 1.82) is 0 Å². The second-order valence-electron chi connectivity index (χ2n) is 4.57. The number of rotatable bonds is 2. The Hall–Kier alpha value is -1.79. The number of fused-ring (bicyclic) bond motifs is 1. The molecule has 6 nitrogen and oxygen atoms in total. The molecule has 2 aromatic heterocycles. The van der Waals surface area contributed by atoms with Crippen LogP contribution in [-0.2, 0) is 0 Å². The molecule has 3 unspecified atom stereocenters. The van der Waals surface area contributed by atoms with E-state index >= 15 is 0 Å². The molecule has 1 aliphatic carbocycles. The van der Waals surface area contributed by atoms with Crippen LogP contribution in [0.1, 0.15) is 12.5 Å². The third kappa shape index (κ3) is 1.53. The maximum absolute atomic E-state index is 9.91. The quantitative estimate of drug-likeness (QED) is 0.744. The monoisotopic (exact) mass is 246 g/mol. The van der Waals surface area contributed by atoms with Gasteiger partial charge in [-0.2, -0.15) is 0 Å². The van der Waals surface area contributed by atoms with E-state index < -0.39 is 6.10 Å². The van der Waals surface area contributed by atoms with Gasteiger partial charge in [0.2, 0.25) is 0 Å². The molecule has 0 spiro atoms. The summed E-state index contributed by atoms with van der Waals surface area (Å²) in [6.45, 7) is 3.90. The fraction of sp³-hybridized carbons (Fsp3) is 0.417. The van der Waals surface area contributed by atoms with Crippen LogP contribution in [0.15, 0.2) is 31.0 Å². The molecule has 0 aromatic carbocycles. The molecule has 2 N–H and O–H groups in total. The van der Waals surface area contributed by atoms with Crippen LogP contribution < -0.4 is 0 Å². The zero-order valence-electron chi connectivity index (χ0n) is 9.77. The first-order valence-corrected chi connectivity index (χ1v) is 5.82. The van der Waals surface area contributed by atoms with Gasteiger partial charge in [-0.05, 0) is 12.0 Å². The van der Waals surface area contributed by atoms with Crippen LogP contribution >= 0.6 is 0 Å². The van der Waals surface area contributed by atoms with Crippen molar-refractivity contribution in [2.75, 3.05) is 6.61 Å². The summed E-state index contributed by atoms with van der Waals surface area (Å²) in [5.74, 6) is -0.269. The lowest BCUT2D eigenvalue weighted by Gasteiger charge is -2.15. The van der Waals surface area contributed by atoms with Crippen molar-refractivity contribution in [2.24, 2.45) is 5.92 Å². The molecule has 3 rings (SSSR count). The number of aliphatic hydroxyl groups excluding tert-OH is 2. The second kappa shape index (κ2) is 4.15. The Bertz CT molecular complexity index is 595. The minimum absolute atomic E-state index is 0.0722. The maximum Gasteiger partial charge on any atom is 0.163 e. The van der Waals surface area contributed by atoms with Gasteiger partial charge in [-0.3, -0.25) is 0 Å². The van der Waals surface area contributed by atoms with Gasteiger partial charge in [0.15, 0.2) is 5.65 Å². The molecule has 6 heteroatoms. The maximum atomic E-state index is 9.91. The number of aromatic nitrogens is 4. The summed E-state index contributed by atoms with van der Waals surface area (Å²) in [5, 5.41) is 19.2. The van der Waals surface area contributed by atoms with E-state index in [1.807, 2.05) is 4.57 Å². The molecule has 0 bridgehead atoms. The summed E-state index contributed by atoms with van der Waals surface area (Å²) in [6, 6.07) is -0.0722. The summed E-state index contributed by atoms with van der Waals surface area (Å²) < 4.78 is 1.89. The van der Waals surface area contributed by atoms with Crippen LogP contribution in [0.3, 0.4) is 0 Å². The number of imidazole rings is 1. The zero-order valence-corrected chi connectivity index (χ0v) is 9.77. The number of hydrogen-bond acceptors (Lipinski definition) is 5. The smallest absolute Gasteiger partial charge is 0.163 e. The van der Waals surface area contributed by atoms with Gasteiger partial charge >= 0.3 is 0 Å². The topological polar surface area (TPSA) is 84.1 Å². The van der Waals surface area contributed by atoms with Gasteiger partial charge in [0.1, 0.15) is 11.8 Å². The van der Waals surface area contributed by atoms with E-state index in [9.17, 15) is 10.2 Å². The SMILES string of the molecule is C=C1C(CO)C(O)CC1n1cnc2cncnc21. The Balaban J connectivity index is 2.03. The highest BCUT2D eigenvalue weighted by Gasteiger charge is 2.37. The van der Waals surface area contributed by atoms with Crippen LogP contribution in [0.2, 0.25) is 0 Å². The first kappa shape index (κ1) is 11.3. The zero-order chi connectivity index (χ0) is 12.7. The minimum atomic E-state index is -0.563. The predicted octanol–water partition coefficient (Wildman–Crippen LogP) is 0.297. The Morgan fingerprint density at radius 3 is 3.00 bits per heavy atom. The van der Waals surface area contributed by atoms with Gasteiger partial charge in [-0.25, -0.2) is 15.0 Å². The van der Waals surface area contributed by atoms with E-state index in [0.29, 0.717) is 11.9 Å². The lowest BCUT2D eigenvalue weighted by atomic mass is 10.0. The average molecular weight is 246 g/mol. The van der Waals surface area contributed by atoms with E-state index in [1.165, 1.54) is 6.33 Å². The van der Waals surface area contributed by atoms with Crippen molar-refractivity contribution in [2.45, 2.75) is 18.6 Å². The highest BCUT2D eigenvalue weighted by molar-refractivity contribution is 5.69. The van der Waals surface area contributed by atoms with Gasteiger partial charge < -0.3 is 14.8 Å². The van der Waals surface area contributed by atoms with Crippen LogP contribution in [0.25, 0.3) is 11.2 Å². The van der Waals surface area contributed by atoms with Crippen LogP contribution in [-0.4, -0.2) is 42.4 Å². The summed E-state index contributed by atoms with van der Waals surface area (Å²) >= 11 is 0. The van der Waals surface area contributed by atoms with E-state index in [-0.39, 0.29) is 18.6 Å². The molecule has 3 atom stereocenters. The van der Waals surface area contributed by atoms with Crippen LogP contribution in [0.4, 0.5) is 0 Å². The third-order valence-electron chi connectivity index (χ3n) is 3.60. The molecule has 18 heavy (non-hydrogen) atoms. The number of hydrogen-bond donors (Lipinski definition) is 2. The summed E-state index contributed by atoms with van der Waals surface area (Å²) in [7, 11) is 0. The normalized spacial score (nSPS) is 28.1. The molecule has 2 aromatic rings. The Kier molecular flexibility index (Phi) is 2.61. The summed E-state index contributed by atoms with van der Waals surface area (Å²) in [5.41, 5.74) is 2.26. The van der Waals surface area contributed by atoms with Crippen molar-refractivity contribution in [1.82, 2.24) is 19.5 Å². The molecule has 1 saturated carbocycles. The van der Waals surface area contributed by atoms with Crippen LogP contribution in [0, 0.1) is 5.92 Å². The molecule has 0 saturated heterocycles. The Labute approximate surface area is 104 Å². The predicted molar refractivity (Wildman–Crippen MR) is 64.7 cm³/mol. The molecule has 1 fully saturated rings. The molecule has 1 aliphatic rings. The Morgan fingerprint density at radius 1 is 1.44 bits per heavy atom. The highest BCUT2D eigenvalue weighted by Crippen LogP contribution is 2.39. The molecule has 0 amide bonds. The summed E-state index contributed by atoms with van der Waals surface area (Å²) in [6.07, 6.45) is 4.77. The average Bonchev–Trinajstić information content (AvgIpc) is 2.91. The van der Waals surface area contributed by atoms with E-state index in [0.717, 1.165) is 11.2 Å². The van der Waals surface area contributed by atoms with Gasteiger partial charge in [0.05, 0.1) is 31.3 Å². The van der Waals surface area contributed by atoms with E-state index in [4.69, 9.17) is 0 Å². The van der Waals surface area contributed by atoms with Crippen molar-refractivity contribution in [3.63, 3.8) is 0 Å². The summed E-state index contributed by atoms with van der Waals surface area (Å²) in [4.78, 5) is 12.3. The fourth-order valence-corrected chi connectivity index (χ4v) is 2.58. The van der Waals surface area contributed by atoms with Crippen molar-refractivity contribution < 1.29 is 10.2 Å². The number of nitrogens with zero attached hydrogens (tertiary/aromatic N) is 4. The fourth-order valence-electron chi connectivity index (χ4n) is 2.58. The van der Waals surface area contributed by atoms with E-state index in [2.05, 4.69) is 21.5 Å². The molecule has 2 heterocycles. The van der Waals surface area contributed by atoms with Crippen molar-refractivity contribution in [3.8, 4) is 0 Å². The standard InChI is InChI=1S/C12H14N4O2/c1-7-8(4-17)11(18)2-10(7)16-6-15-9-3-13-5-14-12(9)16/h3,5-6,8,10-11,17-18H,1-2,4H2. The Morgan fingerprint density at radius 2 is 2.28 bits per heavy atom. The van der Waals surface area contributed by atoms with Gasteiger partial charge in [-0.1, -0.05) is 6.58 Å². The largest absolute Gasteiger partial charge is 0.396 e. The minimum Gasteiger partial charge on any atom is -0.396 e. The second-order valence-corrected chi connectivity index (χ2v) is 4.57. The van der Waals surface area contributed by atoms with Crippen molar-refractivity contribution in [3.05, 3.63) is 31.0 Å². The molecule has 94 valence electrons. The van der Waals surface area contributed by atoms with Crippen LogP contribution in [0.5, 0.6) is 0 Å². The third-order valence-corrected chi connectivity index (χ3v) is 3.60. The van der Waals surface area contributed by atoms with E-state index in [1.54, 1.807) is 12.5 Å². The lowest BCUT2D eigenvalue weighted by Crippen LogP contribution is -2.17. The highest BCUT2D eigenvalue weighted by atomic mass is 16.3. The molecule has 0 radical (unpaired) electrons. The number of aliphatic hydroxyl groups is 2. The van der Waals surface area contributed by atoms with Crippen molar-refractivity contribution >= 4 is 11.2 Å². The lowest BCUT2D eigenvalue weighted by molar-refractivity contribution is 0.101. The molecular formula is C12H14N4O2. The van der Waals surface area contributed by atoms with Gasteiger partial charge in [-0.15, -0.1) is 0 Å². The first-order chi connectivity index (χ1) is 8.72. The molecule has 0 aliphatic heterocycles.